The molecule has 0 unspecified atom stereocenters. The van der Waals surface area contributed by atoms with E-state index >= 15 is 0 Å². The molecule has 2 N–H and O–H groups in total. The summed E-state index contributed by atoms with van der Waals surface area (Å²) < 4.78 is 18.1. The standard InChI is InChI=1S/C10H9FN2O/c1-14-9-4-6-2-3-10(12)13-8(6)5-7(9)11/h2-5H,1H3,(H2,12,13). The Balaban J connectivity index is 2.73. The molecule has 3 nitrogen and oxygen atoms in total. The zero-order chi connectivity index (χ0) is 10.1. The van der Waals surface area contributed by atoms with Crippen LogP contribution in [-0.4, -0.2) is 12.1 Å². The maximum atomic E-state index is 13.2. The highest BCUT2D eigenvalue weighted by atomic mass is 19.1. The fourth-order valence-corrected chi connectivity index (χ4v) is 1.30. The van der Waals surface area contributed by atoms with E-state index in [1.165, 1.54) is 13.2 Å². The molecule has 72 valence electrons. The number of aromatic nitrogens is 1. The Hall–Kier alpha value is -1.84. The van der Waals surface area contributed by atoms with Gasteiger partial charge in [-0.15, -0.1) is 0 Å². The summed E-state index contributed by atoms with van der Waals surface area (Å²) in [7, 11) is 1.43. The molecule has 0 spiro atoms. The molecule has 0 saturated carbocycles. The summed E-state index contributed by atoms with van der Waals surface area (Å²) in [5, 5.41) is 0.803. The summed E-state index contributed by atoms with van der Waals surface area (Å²) >= 11 is 0. The van der Waals surface area contributed by atoms with Crippen LogP contribution in [0.25, 0.3) is 10.9 Å². The number of ether oxygens (including phenoxy) is 1. The first-order valence-corrected chi connectivity index (χ1v) is 4.10. The van der Waals surface area contributed by atoms with Crippen molar-refractivity contribution in [2.45, 2.75) is 0 Å². The number of fused-ring (bicyclic) bond motifs is 1. The van der Waals surface area contributed by atoms with Crippen molar-refractivity contribution in [3.8, 4) is 5.75 Å². The molecule has 0 radical (unpaired) electrons. The lowest BCUT2D eigenvalue weighted by Gasteiger charge is -2.04. The van der Waals surface area contributed by atoms with Crippen LogP contribution in [0, 0.1) is 5.82 Å². The van der Waals surface area contributed by atoms with Gasteiger partial charge in [-0.1, -0.05) is 0 Å². The van der Waals surface area contributed by atoms with Crippen LogP contribution in [0.2, 0.25) is 0 Å². The van der Waals surface area contributed by atoms with E-state index in [0.29, 0.717) is 11.3 Å². The first-order chi connectivity index (χ1) is 6.70. The molecule has 0 bridgehead atoms. The molecule has 1 aromatic carbocycles. The van der Waals surface area contributed by atoms with Gasteiger partial charge >= 0.3 is 0 Å². The Bertz CT molecular complexity index is 485. The second-order valence-corrected chi connectivity index (χ2v) is 2.92. The van der Waals surface area contributed by atoms with Crippen molar-refractivity contribution in [1.82, 2.24) is 4.98 Å². The Kier molecular flexibility index (Phi) is 1.96. The fraction of sp³-hybridized carbons (Fsp3) is 0.100. The van der Waals surface area contributed by atoms with E-state index < -0.39 is 5.82 Å². The SMILES string of the molecule is COc1cc2ccc(N)nc2cc1F. The van der Waals surface area contributed by atoms with Crippen LogP contribution in [0.3, 0.4) is 0 Å². The van der Waals surface area contributed by atoms with Crippen molar-refractivity contribution in [3.05, 3.63) is 30.1 Å². The number of benzene rings is 1. The molecule has 14 heavy (non-hydrogen) atoms. The number of anilines is 1. The Morgan fingerprint density at radius 2 is 2.14 bits per heavy atom. The number of halogens is 1. The van der Waals surface area contributed by atoms with Crippen molar-refractivity contribution >= 4 is 16.7 Å². The molecule has 1 heterocycles. The van der Waals surface area contributed by atoms with Crippen LogP contribution in [0.4, 0.5) is 10.2 Å². The molecular formula is C10H9FN2O. The molecule has 0 aliphatic rings. The van der Waals surface area contributed by atoms with Crippen LogP contribution < -0.4 is 10.5 Å². The van der Waals surface area contributed by atoms with E-state index in [2.05, 4.69) is 4.98 Å². The average molecular weight is 192 g/mol. The zero-order valence-corrected chi connectivity index (χ0v) is 7.62. The summed E-state index contributed by atoms with van der Waals surface area (Å²) in [6.07, 6.45) is 0. The number of methoxy groups -OCH3 is 1. The highest BCUT2D eigenvalue weighted by Crippen LogP contribution is 2.23. The maximum absolute atomic E-state index is 13.2. The van der Waals surface area contributed by atoms with Crippen molar-refractivity contribution in [1.29, 1.82) is 0 Å². The number of hydrogen-bond acceptors (Lipinski definition) is 3. The molecule has 0 aliphatic heterocycles. The van der Waals surface area contributed by atoms with Crippen LogP contribution in [0.15, 0.2) is 24.3 Å². The molecule has 4 heteroatoms. The average Bonchev–Trinajstić information content (AvgIpc) is 2.16. The molecule has 1 aromatic heterocycles. The first kappa shape index (κ1) is 8.74. The topological polar surface area (TPSA) is 48.1 Å². The summed E-state index contributed by atoms with van der Waals surface area (Å²) in [6, 6.07) is 6.35. The molecule has 0 aliphatic carbocycles. The van der Waals surface area contributed by atoms with Gasteiger partial charge in [0.2, 0.25) is 0 Å². The van der Waals surface area contributed by atoms with Crippen LogP contribution in [-0.2, 0) is 0 Å². The largest absolute Gasteiger partial charge is 0.494 e. The highest BCUT2D eigenvalue weighted by Gasteiger charge is 2.05. The Labute approximate surface area is 80.3 Å². The molecule has 0 saturated heterocycles. The van der Waals surface area contributed by atoms with Gasteiger partial charge in [-0.2, -0.15) is 0 Å². The number of pyridine rings is 1. The zero-order valence-electron chi connectivity index (χ0n) is 7.62. The van der Waals surface area contributed by atoms with Crippen LogP contribution >= 0.6 is 0 Å². The minimum atomic E-state index is -0.432. The van der Waals surface area contributed by atoms with Gasteiger partial charge < -0.3 is 10.5 Å². The van der Waals surface area contributed by atoms with Gasteiger partial charge in [-0.3, -0.25) is 0 Å². The lowest BCUT2D eigenvalue weighted by molar-refractivity contribution is 0.387. The van der Waals surface area contributed by atoms with Gasteiger partial charge in [0.25, 0.3) is 0 Å². The number of rotatable bonds is 1. The summed E-state index contributed by atoms with van der Waals surface area (Å²) in [6.45, 7) is 0. The minimum absolute atomic E-state index is 0.212. The lowest BCUT2D eigenvalue weighted by atomic mass is 10.2. The van der Waals surface area contributed by atoms with Gasteiger partial charge in [-0.25, -0.2) is 9.37 Å². The van der Waals surface area contributed by atoms with E-state index in [1.807, 2.05) is 0 Å². The van der Waals surface area contributed by atoms with Gasteiger partial charge in [0.15, 0.2) is 11.6 Å². The number of hydrogen-bond donors (Lipinski definition) is 1. The van der Waals surface area contributed by atoms with Crippen molar-refractivity contribution in [2.24, 2.45) is 0 Å². The second-order valence-electron chi connectivity index (χ2n) is 2.92. The van der Waals surface area contributed by atoms with Crippen molar-refractivity contribution < 1.29 is 9.13 Å². The highest BCUT2D eigenvalue weighted by molar-refractivity contribution is 5.81. The number of nitrogens with two attached hydrogens (primary N) is 1. The summed E-state index contributed by atoms with van der Waals surface area (Å²) in [4.78, 5) is 3.99. The molecule has 0 fully saturated rings. The molecule has 2 aromatic rings. The van der Waals surface area contributed by atoms with Crippen molar-refractivity contribution in [3.63, 3.8) is 0 Å². The predicted octanol–water partition coefficient (Wildman–Crippen LogP) is 1.96. The van der Waals surface area contributed by atoms with Gasteiger partial charge in [0.1, 0.15) is 5.82 Å². The molecule has 0 amide bonds. The van der Waals surface area contributed by atoms with E-state index in [-0.39, 0.29) is 5.75 Å². The normalized spacial score (nSPS) is 10.4. The third-order valence-corrected chi connectivity index (χ3v) is 1.98. The number of nitrogen functional groups attached to an aromatic ring is 1. The maximum Gasteiger partial charge on any atom is 0.167 e. The van der Waals surface area contributed by atoms with E-state index in [0.717, 1.165) is 5.39 Å². The van der Waals surface area contributed by atoms with Gasteiger partial charge in [0.05, 0.1) is 12.6 Å². The summed E-state index contributed by atoms with van der Waals surface area (Å²) in [5.74, 6) is 0.157. The van der Waals surface area contributed by atoms with E-state index in [9.17, 15) is 4.39 Å². The predicted molar refractivity (Wildman–Crippen MR) is 52.7 cm³/mol. The van der Waals surface area contributed by atoms with Crippen LogP contribution in [0.5, 0.6) is 5.75 Å². The van der Waals surface area contributed by atoms with E-state index in [4.69, 9.17) is 10.5 Å². The monoisotopic (exact) mass is 192 g/mol. The smallest absolute Gasteiger partial charge is 0.167 e. The first-order valence-electron chi connectivity index (χ1n) is 4.10. The van der Waals surface area contributed by atoms with Crippen molar-refractivity contribution in [2.75, 3.05) is 12.8 Å². The minimum Gasteiger partial charge on any atom is -0.494 e. The Morgan fingerprint density at radius 3 is 2.86 bits per heavy atom. The third-order valence-electron chi connectivity index (χ3n) is 1.98. The Morgan fingerprint density at radius 1 is 1.36 bits per heavy atom. The van der Waals surface area contributed by atoms with Gasteiger partial charge in [0, 0.05) is 11.5 Å². The fourth-order valence-electron chi connectivity index (χ4n) is 1.30. The third kappa shape index (κ3) is 1.35. The molecule has 0 atom stereocenters. The lowest BCUT2D eigenvalue weighted by Crippen LogP contribution is -1.92. The number of nitrogens with zero attached hydrogens (tertiary/aromatic N) is 1. The van der Waals surface area contributed by atoms with Crippen LogP contribution in [0.1, 0.15) is 0 Å². The quantitative estimate of drug-likeness (QED) is 0.751. The van der Waals surface area contributed by atoms with E-state index in [1.54, 1.807) is 18.2 Å². The molecule has 2 rings (SSSR count). The summed E-state index contributed by atoms with van der Waals surface area (Å²) in [5.41, 5.74) is 6.01. The second kappa shape index (κ2) is 3.14. The molecular weight excluding hydrogens is 183 g/mol. The van der Waals surface area contributed by atoms with Gasteiger partial charge in [-0.05, 0) is 18.2 Å².